The van der Waals surface area contributed by atoms with Gasteiger partial charge in [0.1, 0.15) is 5.78 Å². The number of sulfonamides is 1. The molecule has 4 rings (SSSR count). The predicted octanol–water partition coefficient (Wildman–Crippen LogP) is 3.85. The Labute approximate surface area is 208 Å². The Morgan fingerprint density at radius 1 is 0.886 bits per heavy atom. The van der Waals surface area contributed by atoms with Crippen LogP contribution in [0, 0.1) is 0 Å². The van der Waals surface area contributed by atoms with Crippen molar-refractivity contribution in [1.82, 2.24) is 14.2 Å². The third-order valence-electron chi connectivity index (χ3n) is 6.18. The van der Waals surface area contributed by atoms with E-state index in [1.165, 1.54) is 0 Å². The first-order chi connectivity index (χ1) is 17.0. The van der Waals surface area contributed by atoms with E-state index in [0.717, 1.165) is 23.2 Å². The lowest BCUT2D eigenvalue weighted by molar-refractivity contribution is -0.118. The summed E-state index contributed by atoms with van der Waals surface area (Å²) in [6.07, 6.45) is 9.10. The molecule has 3 aromatic rings. The summed E-state index contributed by atoms with van der Waals surface area (Å²) < 4.78 is 27.8. The molecule has 2 aromatic carbocycles. The molecule has 0 radical (unpaired) electrons. The molecule has 6 nitrogen and oxygen atoms in total. The molecule has 1 aliphatic rings. The van der Waals surface area contributed by atoms with Gasteiger partial charge in [-0.1, -0.05) is 60.7 Å². The van der Waals surface area contributed by atoms with Crippen LogP contribution >= 0.6 is 0 Å². The van der Waals surface area contributed by atoms with Crippen LogP contribution in [0.5, 0.6) is 0 Å². The molecule has 0 amide bonds. The van der Waals surface area contributed by atoms with Crippen molar-refractivity contribution in [2.75, 3.05) is 32.7 Å². The quantitative estimate of drug-likeness (QED) is 0.433. The highest BCUT2D eigenvalue weighted by Gasteiger charge is 2.28. The lowest BCUT2D eigenvalue weighted by atomic mass is 10.0. The van der Waals surface area contributed by atoms with E-state index in [-0.39, 0.29) is 10.7 Å². The molecule has 7 heteroatoms. The van der Waals surface area contributed by atoms with Crippen molar-refractivity contribution < 1.29 is 13.2 Å². The molecule has 1 aromatic heterocycles. The number of piperazine rings is 1. The standard InChI is InChI=1S/C28H31N3O3S/c32-27(13-10-26-8-4-16-29-23-26)22-25-11-14-28(15-12-25)35(33,34)31-20-18-30(19-21-31)17-5-9-24-6-2-1-3-7-24/h1-9,11-12,14-16,23H,10,13,17-22H2. The van der Waals surface area contributed by atoms with Crippen molar-refractivity contribution in [3.63, 3.8) is 0 Å². The number of pyridine rings is 1. The summed E-state index contributed by atoms with van der Waals surface area (Å²) in [6.45, 7) is 3.13. The van der Waals surface area contributed by atoms with Gasteiger partial charge in [0.15, 0.2) is 0 Å². The Kier molecular flexibility index (Phi) is 8.58. The third-order valence-corrected chi connectivity index (χ3v) is 8.10. The van der Waals surface area contributed by atoms with E-state index in [9.17, 15) is 13.2 Å². The molecular formula is C28H31N3O3S. The third kappa shape index (κ3) is 7.18. The molecule has 0 saturated carbocycles. The second-order valence-corrected chi connectivity index (χ2v) is 10.7. The van der Waals surface area contributed by atoms with Gasteiger partial charge in [0, 0.05) is 58.0 Å². The monoisotopic (exact) mass is 489 g/mol. The van der Waals surface area contributed by atoms with Crippen LogP contribution in [-0.2, 0) is 27.7 Å². The predicted molar refractivity (Wildman–Crippen MR) is 138 cm³/mol. The zero-order valence-corrected chi connectivity index (χ0v) is 20.6. The van der Waals surface area contributed by atoms with E-state index in [2.05, 4.69) is 34.2 Å². The van der Waals surface area contributed by atoms with Crippen LogP contribution in [0.2, 0.25) is 0 Å². The van der Waals surface area contributed by atoms with Crippen LogP contribution in [0.25, 0.3) is 6.08 Å². The Morgan fingerprint density at radius 3 is 2.31 bits per heavy atom. The number of hydrogen-bond donors (Lipinski definition) is 0. The second kappa shape index (κ2) is 12.0. The van der Waals surface area contributed by atoms with Crippen molar-refractivity contribution in [3.8, 4) is 0 Å². The fraction of sp³-hybridized carbons (Fsp3) is 0.286. The van der Waals surface area contributed by atoms with Crippen LogP contribution in [0.1, 0.15) is 23.1 Å². The first-order valence-electron chi connectivity index (χ1n) is 11.9. The number of ketones is 1. The van der Waals surface area contributed by atoms with Crippen LogP contribution in [0.3, 0.4) is 0 Å². The van der Waals surface area contributed by atoms with Gasteiger partial charge in [-0.3, -0.25) is 14.7 Å². The average molecular weight is 490 g/mol. The van der Waals surface area contributed by atoms with Gasteiger partial charge >= 0.3 is 0 Å². The first kappa shape index (κ1) is 25.0. The molecule has 35 heavy (non-hydrogen) atoms. The van der Waals surface area contributed by atoms with Crippen LogP contribution in [0.15, 0.2) is 90.1 Å². The number of Topliss-reactive ketones (excluding diaryl/α,β-unsaturated/α-hetero) is 1. The smallest absolute Gasteiger partial charge is 0.243 e. The topological polar surface area (TPSA) is 70.6 Å². The van der Waals surface area contributed by atoms with Crippen molar-refractivity contribution in [3.05, 3.63) is 102 Å². The number of aryl methyl sites for hydroxylation is 1. The van der Waals surface area contributed by atoms with Gasteiger partial charge in [0.2, 0.25) is 10.0 Å². The number of aromatic nitrogens is 1. The maximum absolute atomic E-state index is 13.1. The van der Waals surface area contributed by atoms with Crippen LogP contribution in [0.4, 0.5) is 0 Å². The van der Waals surface area contributed by atoms with Crippen molar-refractivity contribution in [1.29, 1.82) is 0 Å². The van der Waals surface area contributed by atoms with Crippen molar-refractivity contribution >= 4 is 21.9 Å². The fourth-order valence-corrected chi connectivity index (χ4v) is 5.55. The van der Waals surface area contributed by atoms with Gasteiger partial charge in [-0.25, -0.2) is 8.42 Å². The molecule has 0 bridgehead atoms. The van der Waals surface area contributed by atoms with Gasteiger partial charge in [0.05, 0.1) is 4.90 Å². The Morgan fingerprint density at radius 2 is 1.63 bits per heavy atom. The van der Waals surface area contributed by atoms with E-state index in [0.29, 0.717) is 45.4 Å². The van der Waals surface area contributed by atoms with Crippen LogP contribution in [-0.4, -0.2) is 61.1 Å². The Bertz CT molecular complexity index is 1220. The van der Waals surface area contributed by atoms with Gasteiger partial charge in [0.25, 0.3) is 0 Å². The highest BCUT2D eigenvalue weighted by atomic mass is 32.2. The zero-order chi connectivity index (χ0) is 24.5. The summed E-state index contributed by atoms with van der Waals surface area (Å²) in [5.41, 5.74) is 3.03. The minimum atomic E-state index is -3.54. The maximum Gasteiger partial charge on any atom is 0.243 e. The molecule has 0 atom stereocenters. The first-order valence-corrected chi connectivity index (χ1v) is 13.4. The largest absolute Gasteiger partial charge is 0.299 e. The molecule has 0 unspecified atom stereocenters. The van der Waals surface area contributed by atoms with Gasteiger partial charge in [-0.05, 0) is 41.3 Å². The fourth-order valence-electron chi connectivity index (χ4n) is 4.13. The molecule has 0 aliphatic carbocycles. The van der Waals surface area contributed by atoms with Crippen molar-refractivity contribution in [2.45, 2.75) is 24.2 Å². The molecule has 0 spiro atoms. The summed E-state index contributed by atoms with van der Waals surface area (Å²) in [5.74, 6) is 0.127. The summed E-state index contributed by atoms with van der Waals surface area (Å²) in [7, 11) is -3.54. The summed E-state index contributed by atoms with van der Waals surface area (Å²) >= 11 is 0. The van der Waals surface area contributed by atoms with Gasteiger partial charge in [-0.2, -0.15) is 4.31 Å². The van der Waals surface area contributed by atoms with Crippen molar-refractivity contribution in [2.24, 2.45) is 0 Å². The maximum atomic E-state index is 13.1. The molecule has 0 N–H and O–H groups in total. The Balaban J connectivity index is 1.25. The average Bonchev–Trinajstić information content (AvgIpc) is 2.89. The van der Waals surface area contributed by atoms with E-state index in [1.54, 1.807) is 41.0 Å². The van der Waals surface area contributed by atoms with E-state index in [1.807, 2.05) is 30.3 Å². The molecule has 1 fully saturated rings. The number of benzene rings is 2. The highest BCUT2D eigenvalue weighted by Crippen LogP contribution is 2.19. The number of carbonyl (C=O) groups is 1. The number of hydrogen-bond acceptors (Lipinski definition) is 5. The van der Waals surface area contributed by atoms with E-state index < -0.39 is 10.0 Å². The summed E-state index contributed by atoms with van der Waals surface area (Å²) in [5, 5.41) is 0. The SMILES string of the molecule is O=C(CCc1cccnc1)Cc1ccc(S(=O)(=O)N2CCN(CC=Cc3ccccc3)CC2)cc1. The minimum absolute atomic E-state index is 0.127. The normalized spacial score (nSPS) is 15.4. The van der Waals surface area contributed by atoms with E-state index in [4.69, 9.17) is 0 Å². The lowest BCUT2D eigenvalue weighted by Gasteiger charge is -2.33. The summed E-state index contributed by atoms with van der Waals surface area (Å²) in [6, 6.07) is 20.7. The number of nitrogens with zero attached hydrogens (tertiary/aromatic N) is 3. The number of carbonyl (C=O) groups excluding carboxylic acids is 1. The lowest BCUT2D eigenvalue weighted by Crippen LogP contribution is -2.48. The van der Waals surface area contributed by atoms with Gasteiger partial charge < -0.3 is 0 Å². The number of rotatable bonds is 10. The zero-order valence-electron chi connectivity index (χ0n) is 19.8. The second-order valence-electron chi connectivity index (χ2n) is 8.74. The molecule has 2 heterocycles. The minimum Gasteiger partial charge on any atom is -0.299 e. The Hall–Kier alpha value is -3.13. The molecule has 1 saturated heterocycles. The van der Waals surface area contributed by atoms with E-state index >= 15 is 0 Å². The molecule has 1 aliphatic heterocycles. The summed E-state index contributed by atoms with van der Waals surface area (Å²) in [4.78, 5) is 18.9. The highest BCUT2D eigenvalue weighted by molar-refractivity contribution is 7.89. The molecular weight excluding hydrogens is 458 g/mol. The van der Waals surface area contributed by atoms with Crippen LogP contribution < -0.4 is 0 Å². The van der Waals surface area contributed by atoms with Gasteiger partial charge in [-0.15, -0.1) is 0 Å². The molecule has 182 valence electrons.